The summed E-state index contributed by atoms with van der Waals surface area (Å²) in [5, 5.41) is 2.82. The molecule has 0 aliphatic carbocycles. The number of ether oxygens (including phenoxy) is 2. The molecule has 0 unspecified atom stereocenters. The second-order valence-corrected chi connectivity index (χ2v) is 4.94. The van der Waals surface area contributed by atoms with Gasteiger partial charge in [0.2, 0.25) is 0 Å². The molecule has 24 heavy (non-hydrogen) atoms. The van der Waals surface area contributed by atoms with Gasteiger partial charge in [-0.15, -0.1) is 0 Å². The molecule has 128 valence electrons. The minimum absolute atomic E-state index is 0.0997. The minimum atomic E-state index is -2.96. The van der Waals surface area contributed by atoms with E-state index in [1.165, 1.54) is 18.2 Å². The van der Waals surface area contributed by atoms with Gasteiger partial charge in [-0.3, -0.25) is 4.79 Å². The Hall–Kier alpha value is -2.63. The number of carbonyl (C=O) groups excluding carboxylic acids is 1. The van der Waals surface area contributed by atoms with Gasteiger partial charge in [0, 0.05) is 11.3 Å². The van der Waals surface area contributed by atoms with E-state index in [9.17, 15) is 13.6 Å². The fraction of sp³-hybridized carbons (Fsp3) is 0.278. The van der Waals surface area contributed by atoms with Gasteiger partial charge < -0.3 is 14.8 Å². The fourth-order valence-electron chi connectivity index (χ4n) is 2.26. The lowest BCUT2D eigenvalue weighted by Gasteiger charge is -2.13. The number of carbonyl (C=O) groups is 1. The van der Waals surface area contributed by atoms with Crippen molar-refractivity contribution in [3.05, 3.63) is 53.6 Å². The maximum atomic E-state index is 12.4. The first-order valence-electron chi connectivity index (χ1n) is 7.66. The smallest absolute Gasteiger partial charge is 0.387 e. The molecule has 0 aliphatic heterocycles. The Morgan fingerprint density at radius 2 is 1.88 bits per heavy atom. The second kappa shape index (κ2) is 8.29. The summed E-state index contributed by atoms with van der Waals surface area (Å²) < 4.78 is 34.5. The van der Waals surface area contributed by atoms with Crippen LogP contribution in [0.3, 0.4) is 0 Å². The zero-order valence-corrected chi connectivity index (χ0v) is 13.5. The van der Waals surface area contributed by atoms with Crippen LogP contribution in [0.4, 0.5) is 14.5 Å². The highest BCUT2D eigenvalue weighted by Gasteiger charge is 2.15. The Morgan fingerprint density at radius 1 is 1.12 bits per heavy atom. The monoisotopic (exact) mass is 335 g/mol. The molecule has 6 heteroatoms. The quantitative estimate of drug-likeness (QED) is 0.810. The molecule has 1 N–H and O–H groups in total. The molecule has 2 aromatic rings. The molecule has 0 radical (unpaired) electrons. The molecule has 4 nitrogen and oxygen atoms in total. The van der Waals surface area contributed by atoms with Gasteiger partial charge in [-0.2, -0.15) is 8.78 Å². The van der Waals surface area contributed by atoms with Gasteiger partial charge in [0.15, 0.2) is 11.5 Å². The van der Waals surface area contributed by atoms with Crippen molar-refractivity contribution >= 4 is 11.6 Å². The van der Waals surface area contributed by atoms with Crippen LogP contribution in [-0.4, -0.2) is 19.1 Å². The molecule has 0 atom stereocenters. The topological polar surface area (TPSA) is 47.6 Å². The van der Waals surface area contributed by atoms with Crippen molar-refractivity contribution in [1.29, 1.82) is 0 Å². The van der Waals surface area contributed by atoms with Crippen LogP contribution < -0.4 is 14.8 Å². The number of anilines is 1. The van der Waals surface area contributed by atoms with Crippen molar-refractivity contribution in [3.8, 4) is 11.5 Å². The first-order chi connectivity index (χ1) is 11.5. The summed E-state index contributed by atoms with van der Waals surface area (Å²) in [5.41, 5.74) is 2.02. The van der Waals surface area contributed by atoms with Crippen molar-refractivity contribution in [2.24, 2.45) is 0 Å². The van der Waals surface area contributed by atoms with Crippen LogP contribution in [0.2, 0.25) is 0 Å². The van der Waals surface area contributed by atoms with E-state index in [0.29, 0.717) is 5.56 Å². The third-order valence-corrected chi connectivity index (χ3v) is 3.37. The first-order valence-corrected chi connectivity index (χ1v) is 7.66. The van der Waals surface area contributed by atoms with Crippen molar-refractivity contribution in [3.63, 3.8) is 0 Å². The van der Waals surface area contributed by atoms with E-state index in [1.54, 1.807) is 6.92 Å². The second-order valence-electron chi connectivity index (χ2n) is 4.94. The van der Waals surface area contributed by atoms with E-state index >= 15 is 0 Å². The lowest BCUT2D eigenvalue weighted by Crippen LogP contribution is -2.14. The van der Waals surface area contributed by atoms with E-state index in [0.717, 1.165) is 17.7 Å². The molecule has 0 fully saturated rings. The highest BCUT2D eigenvalue weighted by molar-refractivity contribution is 6.05. The Kier molecular flexibility index (Phi) is 6.12. The molecule has 0 aromatic heterocycles. The number of rotatable bonds is 7. The predicted octanol–water partition coefficient (Wildman–Crippen LogP) is 4.50. The first kappa shape index (κ1) is 17.7. The fourth-order valence-corrected chi connectivity index (χ4v) is 2.26. The van der Waals surface area contributed by atoms with Crippen molar-refractivity contribution in [2.45, 2.75) is 26.9 Å². The largest absolute Gasteiger partial charge is 0.490 e. The molecule has 2 aromatic carbocycles. The lowest BCUT2D eigenvalue weighted by atomic mass is 10.1. The number of benzene rings is 2. The Labute approximate surface area is 139 Å². The van der Waals surface area contributed by atoms with Gasteiger partial charge in [-0.1, -0.05) is 25.1 Å². The summed E-state index contributed by atoms with van der Waals surface area (Å²) in [6.45, 7) is 1.02. The highest BCUT2D eigenvalue weighted by Crippen LogP contribution is 2.30. The van der Waals surface area contributed by atoms with Gasteiger partial charge in [-0.25, -0.2) is 0 Å². The van der Waals surface area contributed by atoms with E-state index in [2.05, 4.69) is 10.1 Å². The molecule has 0 saturated heterocycles. The lowest BCUT2D eigenvalue weighted by molar-refractivity contribution is -0.0514. The van der Waals surface area contributed by atoms with Crippen molar-refractivity contribution in [2.75, 3.05) is 11.9 Å². The van der Waals surface area contributed by atoms with Crippen LogP contribution in [0.1, 0.15) is 29.8 Å². The van der Waals surface area contributed by atoms with Gasteiger partial charge in [0.05, 0.1) is 6.61 Å². The Balaban J connectivity index is 2.24. The molecule has 0 aliphatic rings. The van der Waals surface area contributed by atoms with E-state index in [1.807, 2.05) is 31.2 Å². The summed E-state index contributed by atoms with van der Waals surface area (Å²) in [5.74, 6) is -0.341. The molecule has 0 bridgehead atoms. The van der Waals surface area contributed by atoms with Crippen molar-refractivity contribution < 1.29 is 23.0 Å². The number of hydrogen-bond donors (Lipinski definition) is 1. The summed E-state index contributed by atoms with van der Waals surface area (Å²) >= 11 is 0. The van der Waals surface area contributed by atoms with Gasteiger partial charge in [0.25, 0.3) is 5.91 Å². The number of aryl methyl sites for hydroxylation is 1. The minimum Gasteiger partial charge on any atom is -0.490 e. The average Bonchev–Trinajstić information content (AvgIpc) is 2.56. The van der Waals surface area contributed by atoms with E-state index in [4.69, 9.17) is 4.74 Å². The molecule has 0 heterocycles. The van der Waals surface area contributed by atoms with Crippen LogP contribution in [0, 0.1) is 0 Å². The highest BCUT2D eigenvalue weighted by atomic mass is 19.3. The third-order valence-electron chi connectivity index (χ3n) is 3.37. The summed E-state index contributed by atoms with van der Waals surface area (Å²) in [6.07, 6.45) is 0.780. The molecular weight excluding hydrogens is 316 g/mol. The third kappa shape index (κ3) is 4.44. The molecule has 2 rings (SSSR count). The maximum absolute atomic E-state index is 12.4. The SMILES string of the molecule is CCOc1cc(C(=O)Nc2ccccc2CC)ccc1OC(F)F. The summed E-state index contributed by atoms with van der Waals surface area (Å²) in [6, 6.07) is 11.6. The Bertz CT molecular complexity index is 704. The average molecular weight is 335 g/mol. The maximum Gasteiger partial charge on any atom is 0.387 e. The van der Waals surface area contributed by atoms with Gasteiger partial charge in [-0.05, 0) is 43.2 Å². The number of para-hydroxylation sites is 1. The van der Waals surface area contributed by atoms with Crippen LogP contribution >= 0.6 is 0 Å². The molecule has 0 spiro atoms. The van der Waals surface area contributed by atoms with Crippen molar-refractivity contribution in [1.82, 2.24) is 0 Å². The number of hydrogen-bond acceptors (Lipinski definition) is 3. The van der Waals surface area contributed by atoms with Crippen LogP contribution in [0.25, 0.3) is 0 Å². The number of nitrogens with one attached hydrogen (secondary N) is 1. The standard InChI is InChI=1S/C18H19F2NO3/c1-3-12-7-5-6-8-14(12)21-17(22)13-9-10-15(24-18(19)20)16(11-13)23-4-2/h5-11,18H,3-4H2,1-2H3,(H,21,22). The van der Waals surface area contributed by atoms with Gasteiger partial charge in [0.1, 0.15) is 0 Å². The zero-order valence-electron chi connectivity index (χ0n) is 13.5. The van der Waals surface area contributed by atoms with Gasteiger partial charge >= 0.3 is 6.61 Å². The number of halogens is 2. The molecular formula is C18H19F2NO3. The molecule has 1 amide bonds. The summed E-state index contributed by atoms with van der Waals surface area (Å²) in [7, 11) is 0. The molecule has 0 saturated carbocycles. The number of alkyl halides is 2. The zero-order chi connectivity index (χ0) is 17.5. The van der Waals surface area contributed by atoms with Crippen LogP contribution in [0.5, 0.6) is 11.5 Å². The summed E-state index contributed by atoms with van der Waals surface area (Å²) in [4.78, 5) is 12.4. The predicted molar refractivity (Wildman–Crippen MR) is 88.0 cm³/mol. The van der Waals surface area contributed by atoms with Crippen LogP contribution in [0.15, 0.2) is 42.5 Å². The Morgan fingerprint density at radius 3 is 2.54 bits per heavy atom. The van der Waals surface area contributed by atoms with E-state index < -0.39 is 6.61 Å². The normalized spacial score (nSPS) is 10.5. The number of amides is 1. The van der Waals surface area contributed by atoms with E-state index in [-0.39, 0.29) is 24.0 Å². The van der Waals surface area contributed by atoms with Crippen LogP contribution in [-0.2, 0) is 6.42 Å².